The highest BCUT2D eigenvalue weighted by Gasteiger charge is 2.42. The first-order valence-corrected chi connectivity index (χ1v) is 20.0. The zero-order valence-corrected chi connectivity index (χ0v) is 33.5. The van der Waals surface area contributed by atoms with E-state index in [1.807, 2.05) is 194 Å². The number of carbonyl (C=O) groups is 1. The van der Waals surface area contributed by atoms with Crippen molar-refractivity contribution in [3.63, 3.8) is 0 Å². The van der Waals surface area contributed by atoms with Gasteiger partial charge in [0.15, 0.2) is 0 Å². The first kappa shape index (κ1) is 40.6. The molecule has 0 aliphatic heterocycles. The summed E-state index contributed by atoms with van der Waals surface area (Å²) in [5.74, 6) is -0.192. The SMILES string of the molecule is O=C(Oc1ccccc1CC(Oc1ccccc1)(Oc1ccccc1)Oc1ccccc1)Oc1ccccc1CC(Oc1ccccc1)(Oc1ccccc1)Oc1ccccc1. The van der Waals surface area contributed by atoms with E-state index in [0.717, 1.165) is 0 Å². The lowest BCUT2D eigenvalue weighted by Gasteiger charge is -2.34. The highest BCUT2D eigenvalue weighted by molar-refractivity contribution is 5.68. The third-order valence-electron chi connectivity index (χ3n) is 9.25. The fraction of sp³-hybridized carbons (Fsp3) is 0.0755. The minimum Gasteiger partial charge on any atom is -0.420 e. The summed E-state index contributed by atoms with van der Waals surface area (Å²) in [6.07, 6.45) is -1.05. The van der Waals surface area contributed by atoms with Crippen LogP contribution in [0.15, 0.2) is 231 Å². The van der Waals surface area contributed by atoms with Crippen molar-refractivity contribution in [1.82, 2.24) is 0 Å². The summed E-state index contributed by atoms with van der Waals surface area (Å²) in [6.45, 7) is 0. The lowest BCUT2D eigenvalue weighted by Crippen LogP contribution is -2.50. The van der Waals surface area contributed by atoms with Gasteiger partial charge in [-0.05, 0) is 84.9 Å². The van der Waals surface area contributed by atoms with E-state index < -0.39 is 18.1 Å². The quantitative estimate of drug-likeness (QED) is 0.0476. The van der Waals surface area contributed by atoms with Crippen molar-refractivity contribution in [2.24, 2.45) is 0 Å². The van der Waals surface area contributed by atoms with Gasteiger partial charge in [0.05, 0.1) is 12.8 Å². The molecule has 0 spiro atoms. The number of carbonyl (C=O) groups excluding carboxylic acids is 1. The van der Waals surface area contributed by atoms with Crippen LogP contribution in [-0.2, 0) is 12.8 Å². The maximum atomic E-state index is 13.9. The first-order chi connectivity index (χ1) is 30.5. The minimum atomic E-state index is -1.78. The van der Waals surface area contributed by atoms with Gasteiger partial charge in [-0.3, -0.25) is 0 Å². The summed E-state index contributed by atoms with van der Waals surface area (Å²) in [5.41, 5.74) is 1.06. The molecule has 0 unspecified atom stereocenters. The van der Waals surface area contributed by atoms with E-state index in [4.69, 9.17) is 37.9 Å². The van der Waals surface area contributed by atoms with Gasteiger partial charge in [0.2, 0.25) is 0 Å². The molecule has 0 aliphatic rings. The molecule has 0 fully saturated rings. The second-order valence-corrected chi connectivity index (χ2v) is 13.9. The van der Waals surface area contributed by atoms with Crippen molar-refractivity contribution in [1.29, 1.82) is 0 Å². The van der Waals surface area contributed by atoms with Gasteiger partial charge in [0.25, 0.3) is 0 Å². The molecule has 62 heavy (non-hydrogen) atoms. The standard InChI is InChI=1S/C53H42O9/c54-51(55-49-37-21-19-23-41(49)39-52(57-43-25-7-1-8-26-43,58-44-27-9-2-10-28-44)59-45-29-11-3-12-30-45)56-50-38-22-20-24-42(50)40-53(60-46-31-13-4-14-32-46,61-47-33-15-5-16-34-47)62-48-35-17-6-18-36-48/h1-38H,39-40H2. The molecule has 0 radical (unpaired) electrons. The number of para-hydroxylation sites is 8. The molecule has 308 valence electrons. The fourth-order valence-electron chi connectivity index (χ4n) is 6.52. The van der Waals surface area contributed by atoms with Gasteiger partial charge in [0, 0.05) is 11.1 Å². The first-order valence-electron chi connectivity index (χ1n) is 20.0. The van der Waals surface area contributed by atoms with Gasteiger partial charge in [-0.2, -0.15) is 0 Å². The van der Waals surface area contributed by atoms with Gasteiger partial charge in [-0.25, -0.2) is 4.79 Å². The Morgan fingerprint density at radius 3 is 0.742 bits per heavy atom. The maximum absolute atomic E-state index is 13.9. The summed E-state index contributed by atoms with van der Waals surface area (Å²) in [5, 5.41) is 0. The Bertz CT molecular complexity index is 2210. The molecule has 0 bridgehead atoms. The predicted molar refractivity (Wildman–Crippen MR) is 235 cm³/mol. The molecule has 0 aliphatic carbocycles. The van der Waals surface area contributed by atoms with E-state index in [0.29, 0.717) is 45.6 Å². The summed E-state index contributed by atoms with van der Waals surface area (Å²) in [7, 11) is 0. The monoisotopic (exact) mass is 822 g/mol. The summed E-state index contributed by atoms with van der Waals surface area (Å²) < 4.78 is 51.6. The van der Waals surface area contributed by atoms with Crippen LogP contribution in [0.3, 0.4) is 0 Å². The molecule has 0 saturated carbocycles. The Morgan fingerprint density at radius 1 is 0.290 bits per heavy atom. The average molecular weight is 823 g/mol. The zero-order chi connectivity index (χ0) is 42.3. The molecule has 0 atom stereocenters. The number of hydrogen-bond acceptors (Lipinski definition) is 9. The van der Waals surface area contributed by atoms with Crippen molar-refractivity contribution >= 4 is 6.16 Å². The number of ether oxygens (including phenoxy) is 8. The molecular formula is C53H42O9. The number of benzene rings is 8. The van der Waals surface area contributed by atoms with Crippen LogP contribution in [0.5, 0.6) is 46.0 Å². The molecular weight excluding hydrogens is 781 g/mol. The fourth-order valence-corrected chi connectivity index (χ4v) is 6.52. The Balaban J connectivity index is 1.10. The van der Waals surface area contributed by atoms with Crippen molar-refractivity contribution in [3.05, 3.63) is 242 Å². The largest absolute Gasteiger partial charge is 0.519 e. The van der Waals surface area contributed by atoms with Crippen LogP contribution in [0.4, 0.5) is 4.79 Å². The van der Waals surface area contributed by atoms with E-state index in [1.54, 1.807) is 36.4 Å². The maximum Gasteiger partial charge on any atom is 0.519 e. The van der Waals surface area contributed by atoms with Gasteiger partial charge in [-0.1, -0.05) is 146 Å². The van der Waals surface area contributed by atoms with Gasteiger partial charge in [0.1, 0.15) is 46.0 Å². The Morgan fingerprint density at radius 2 is 0.500 bits per heavy atom. The summed E-state index contributed by atoms with van der Waals surface area (Å²) >= 11 is 0. The van der Waals surface area contributed by atoms with Gasteiger partial charge >= 0.3 is 18.1 Å². The van der Waals surface area contributed by atoms with Crippen LogP contribution in [0.2, 0.25) is 0 Å². The van der Waals surface area contributed by atoms with Crippen molar-refractivity contribution in [3.8, 4) is 46.0 Å². The third-order valence-corrected chi connectivity index (χ3v) is 9.25. The second-order valence-electron chi connectivity index (χ2n) is 13.9. The van der Waals surface area contributed by atoms with Gasteiger partial charge < -0.3 is 37.9 Å². The van der Waals surface area contributed by atoms with Crippen LogP contribution in [0.25, 0.3) is 0 Å². The van der Waals surface area contributed by atoms with Crippen LogP contribution in [0.1, 0.15) is 11.1 Å². The van der Waals surface area contributed by atoms with Crippen molar-refractivity contribution in [2.45, 2.75) is 24.8 Å². The molecule has 0 amide bonds. The smallest absolute Gasteiger partial charge is 0.420 e. The highest BCUT2D eigenvalue weighted by atomic mass is 16.9. The Kier molecular flexibility index (Phi) is 12.9. The van der Waals surface area contributed by atoms with Crippen LogP contribution in [-0.4, -0.2) is 18.1 Å². The van der Waals surface area contributed by atoms with Crippen LogP contribution >= 0.6 is 0 Å². The zero-order valence-electron chi connectivity index (χ0n) is 33.5. The molecule has 8 rings (SSSR count). The topological polar surface area (TPSA) is 90.9 Å². The van der Waals surface area contributed by atoms with E-state index in [-0.39, 0.29) is 24.3 Å². The molecule has 0 aromatic heterocycles. The number of hydrogen-bond donors (Lipinski definition) is 0. The second kappa shape index (κ2) is 19.7. The predicted octanol–water partition coefficient (Wildman–Crippen LogP) is 12.1. The molecule has 9 nitrogen and oxygen atoms in total. The molecule has 0 heterocycles. The minimum absolute atomic E-state index is 0.0290. The van der Waals surface area contributed by atoms with E-state index in [1.165, 1.54) is 0 Å². The highest BCUT2D eigenvalue weighted by Crippen LogP contribution is 2.35. The molecule has 8 aromatic carbocycles. The van der Waals surface area contributed by atoms with E-state index >= 15 is 0 Å². The Labute approximate surface area is 360 Å². The van der Waals surface area contributed by atoms with Crippen LogP contribution in [0, 0.1) is 0 Å². The van der Waals surface area contributed by atoms with Crippen LogP contribution < -0.4 is 37.9 Å². The average Bonchev–Trinajstić information content (AvgIpc) is 3.30. The third kappa shape index (κ3) is 11.1. The molecule has 0 N–H and O–H groups in total. The molecule has 0 saturated heterocycles. The van der Waals surface area contributed by atoms with E-state index in [2.05, 4.69) is 0 Å². The summed E-state index contributed by atoms with van der Waals surface area (Å²) in [4.78, 5) is 13.9. The lowest BCUT2D eigenvalue weighted by atomic mass is 10.1. The Hall–Kier alpha value is -8.17. The van der Waals surface area contributed by atoms with E-state index in [9.17, 15) is 4.79 Å². The summed E-state index contributed by atoms with van der Waals surface area (Å²) in [6, 6.07) is 69.4. The number of rotatable bonds is 18. The van der Waals surface area contributed by atoms with Crippen molar-refractivity contribution < 1.29 is 42.7 Å². The van der Waals surface area contributed by atoms with Gasteiger partial charge in [-0.15, -0.1) is 0 Å². The van der Waals surface area contributed by atoms with Crippen molar-refractivity contribution in [2.75, 3.05) is 0 Å². The molecule has 9 heteroatoms. The molecule has 8 aromatic rings. The lowest BCUT2D eigenvalue weighted by molar-refractivity contribution is -0.252. The normalized spacial score (nSPS) is 11.1.